The Bertz CT molecular complexity index is 630. The number of hydrogen-bond acceptors (Lipinski definition) is 4. The number of aliphatic imine (C=N–C) groups is 1. The number of benzene rings is 1. The van der Waals surface area contributed by atoms with Crippen molar-refractivity contribution >= 4 is 11.5 Å². The first-order valence-corrected chi connectivity index (χ1v) is 5.83. The van der Waals surface area contributed by atoms with Gasteiger partial charge in [0.25, 0.3) is 0 Å². The molecule has 0 aliphatic rings. The SMILES string of the molecule is CN=C(N)c1cc(NO)cc(-c2cnn(C)c2C)c1. The molecule has 6 heteroatoms. The molecule has 0 amide bonds. The van der Waals surface area contributed by atoms with Crippen LogP contribution in [0.1, 0.15) is 11.3 Å². The zero-order chi connectivity index (χ0) is 14.0. The first-order chi connectivity index (χ1) is 9.06. The van der Waals surface area contributed by atoms with Gasteiger partial charge in [-0.1, -0.05) is 0 Å². The van der Waals surface area contributed by atoms with Crippen molar-refractivity contribution in [3.05, 3.63) is 35.7 Å². The normalized spacial score (nSPS) is 11.7. The average Bonchev–Trinajstić information content (AvgIpc) is 2.77. The second-order valence-corrected chi connectivity index (χ2v) is 4.29. The lowest BCUT2D eigenvalue weighted by atomic mass is 10.0. The van der Waals surface area contributed by atoms with Gasteiger partial charge in [0.05, 0.1) is 11.9 Å². The fourth-order valence-corrected chi connectivity index (χ4v) is 1.91. The molecule has 100 valence electrons. The molecule has 1 heterocycles. The minimum absolute atomic E-state index is 0.417. The summed E-state index contributed by atoms with van der Waals surface area (Å²) in [5, 5.41) is 13.3. The molecule has 2 aromatic rings. The summed E-state index contributed by atoms with van der Waals surface area (Å²) in [7, 11) is 3.51. The summed E-state index contributed by atoms with van der Waals surface area (Å²) in [4.78, 5) is 3.96. The quantitative estimate of drug-likeness (QED) is 0.443. The van der Waals surface area contributed by atoms with E-state index in [1.165, 1.54) is 0 Å². The van der Waals surface area contributed by atoms with Crippen LogP contribution in [0, 0.1) is 6.92 Å². The highest BCUT2D eigenvalue weighted by atomic mass is 16.5. The van der Waals surface area contributed by atoms with E-state index in [4.69, 9.17) is 10.9 Å². The van der Waals surface area contributed by atoms with Crippen LogP contribution in [-0.4, -0.2) is 27.9 Å². The van der Waals surface area contributed by atoms with Gasteiger partial charge in [-0.3, -0.25) is 20.4 Å². The highest BCUT2D eigenvalue weighted by Gasteiger charge is 2.10. The van der Waals surface area contributed by atoms with Crippen LogP contribution < -0.4 is 11.2 Å². The zero-order valence-corrected chi connectivity index (χ0v) is 11.2. The maximum atomic E-state index is 9.11. The van der Waals surface area contributed by atoms with Gasteiger partial charge in [0.2, 0.25) is 0 Å². The molecule has 0 aliphatic carbocycles. The first kappa shape index (κ1) is 13.1. The van der Waals surface area contributed by atoms with Crippen molar-refractivity contribution in [3.8, 4) is 11.1 Å². The van der Waals surface area contributed by atoms with Crippen molar-refractivity contribution < 1.29 is 5.21 Å². The summed E-state index contributed by atoms with van der Waals surface area (Å²) in [5.74, 6) is 0.417. The molecule has 0 atom stereocenters. The number of aromatic nitrogens is 2. The van der Waals surface area contributed by atoms with E-state index in [9.17, 15) is 0 Å². The predicted molar refractivity (Wildman–Crippen MR) is 75.4 cm³/mol. The van der Waals surface area contributed by atoms with Gasteiger partial charge in [-0.25, -0.2) is 0 Å². The molecule has 0 fully saturated rings. The van der Waals surface area contributed by atoms with Gasteiger partial charge in [-0.05, 0) is 30.7 Å². The van der Waals surface area contributed by atoms with Gasteiger partial charge < -0.3 is 5.73 Å². The Morgan fingerprint density at radius 3 is 2.68 bits per heavy atom. The van der Waals surface area contributed by atoms with E-state index in [2.05, 4.69) is 15.6 Å². The molecule has 1 aromatic heterocycles. The lowest BCUT2D eigenvalue weighted by Crippen LogP contribution is -2.13. The summed E-state index contributed by atoms with van der Waals surface area (Å²) in [6.45, 7) is 1.98. The zero-order valence-electron chi connectivity index (χ0n) is 11.2. The van der Waals surface area contributed by atoms with Gasteiger partial charge >= 0.3 is 0 Å². The van der Waals surface area contributed by atoms with Crippen LogP contribution in [0.4, 0.5) is 5.69 Å². The van der Waals surface area contributed by atoms with Crippen molar-refractivity contribution in [3.63, 3.8) is 0 Å². The number of hydrogen-bond donors (Lipinski definition) is 3. The van der Waals surface area contributed by atoms with E-state index in [-0.39, 0.29) is 0 Å². The van der Waals surface area contributed by atoms with Gasteiger partial charge in [0, 0.05) is 30.9 Å². The van der Waals surface area contributed by atoms with E-state index in [1.54, 1.807) is 24.0 Å². The van der Waals surface area contributed by atoms with E-state index >= 15 is 0 Å². The molecule has 2 rings (SSSR count). The number of rotatable bonds is 3. The van der Waals surface area contributed by atoms with Gasteiger partial charge in [-0.15, -0.1) is 0 Å². The fraction of sp³-hybridized carbons (Fsp3) is 0.231. The molecule has 4 N–H and O–H groups in total. The lowest BCUT2D eigenvalue weighted by molar-refractivity contribution is 0.389. The fourth-order valence-electron chi connectivity index (χ4n) is 1.91. The Morgan fingerprint density at radius 1 is 1.42 bits per heavy atom. The molecule has 19 heavy (non-hydrogen) atoms. The maximum absolute atomic E-state index is 9.11. The first-order valence-electron chi connectivity index (χ1n) is 5.83. The Morgan fingerprint density at radius 2 is 2.16 bits per heavy atom. The monoisotopic (exact) mass is 259 g/mol. The molecule has 0 saturated heterocycles. The molecule has 6 nitrogen and oxygen atoms in total. The van der Waals surface area contributed by atoms with Gasteiger partial charge in [-0.2, -0.15) is 5.10 Å². The lowest BCUT2D eigenvalue weighted by Gasteiger charge is -2.08. The number of anilines is 1. The summed E-state index contributed by atoms with van der Waals surface area (Å²) in [6, 6.07) is 5.49. The van der Waals surface area contributed by atoms with E-state index in [0.717, 1.165) is 22.4 Å². The Kier molecular flexibility index (Phi) is 3.52. The summed E-state index contributed by atoms with van der Waals surface area (Å²) >= 11 is 0. The molecular formula is C13H17N5O. The largest absolute Gasteiger partial charge is 0.384 e. The van der Waals surface area contributed by atoms with Crippen LogP contribution in [0.2, 0.25) is 0 Å². The number of amidine groups is 1. The molecule has 0 saturated carbocycles. The topological polar surface area (TPSA) is 88.5 Å². The van der Waals surface area contributed by atoms with E-state index in [1.807, 2.05) is 26.1 Å². The average molecular weight is 259 g/mol. The third kappa shape index (κ3) is 2.43. The van der Waals surface area contributed by atoms with Crippen molar-refractivity contribution in [1.29, 1.82) is 0 Å². The minimum Gasteiger partial charge on any atom is -0.384 e. The van der Waals surface area contributed by atoms with Crippen LogP contribution in [0.5, 0.6) is 0 Å². The number of nitrogens with one attached hydrogen (secondary N) is 1. The van der Waals surface area contributed by atoms with E-state index in [0.29, 0.717) is 11.5 Å². The van der Waals surface area contributed by atoms with Crippen LogP contribution in [0.3, 0.4) is 0 Å². The van der Waals surface area contributed by atoms with Crippen molar-refractivity contribution in [2.45, 2.75) is 6.92 Å². The number of nitrogens with zero attached hydrogens (tertiary/aromatic N) is 3. The smallest absolute Gasteiger partial charge is 0.125 e. The molecule has 0 aliphatic heterocycles. The van der Waals surface area contributed by atoms with Gasteiger partial charge in [0.15, 0.2) is 0 Å². The predicted octanol–water partition coefficient (Wildman–Crippen LogP) is 1.53. The summed E-state index contributed by atoms with van der Waals surface area (Å²) < 4.78 is 1.80. The molecule has 0 bridgehead atoms. The highest BCUT2D eigenvalue weighted by Crippen LogP contribution is 2.27. The van der Waals surface area contributed by atoms with Crippen LogP contribution in [-0.2, 0) is 7.05 Å². The number of aryl methyl sites for hydroxylation is 1. The highest BCUT2D eigenvalue weighted by molar-refractivity contribution is 5.99. The number of nitrogens with two attached hydrogens (primary N) is 1. The van der Waals surface area contributed by atoms with Crippen molar-refractivity contribution in [1.82, 2.24) is 9.78 Å². The molecule has 0 radical (unpaired) electrons. The van der Waals surface area contributed by atoms with Crippen molar-refractivity contribution in [2.75, 3.05) is 12.5 Å². The third-order valence-electron chi connectivity index (χ3n) is 3.15. The van der Waals surface area contributed by atoms with E-state index < -0.39 is 0 Å². The Hall–Kier alpha value is -2.34. The second kappa shape index (κ2) is 5.11. The Labute approximate surface area is 111 Å². The molecular weight excluding hydrogens is 242 g/mol. The summed E-state index contributed by atoms with van der Waals surface area (Å²) in [6.07, 6.45) is 1.79. The minimum atomic E-state index is 0.417. The second-order valence-electron chi connectivity index (χ2n) is 4.29. The molecule has 0 unspecified atom stereocenters. The maximum Gasteiger partial charge on any atom is 0.125 e. The third-order valence-corrected chi connectivity index (χ3v) is 3.15. The van der Waals surface area contributed by atoms with Crippen LogP contribution in [0.15, 0.2) is 29.4 Å². The summed E-state index contributed by atoms with van der Waals surface area (Å²) in [5.41, 5.74) is 12.2. The van der Waals surface area contributed by atoms with Crippen molar-refractivity contribution in [2.24, 2.45) is 17.8 Å². The molecule has 1 aromatic carbocycles. The Balaban J connectivity index is 2.60. The van der Waals surface area contributed by atoms with Gasteiger partial charge in [0.1, 0.15) is 5.84 Å². The molecule has 0 spiro atoms. The van der Waals surface area contributed by atoms with Crippen LogP contribution in [0.25, 0.3) is 11.1 Å². The standard InChI is InChI=1S/C13H17N5O/c1-8-12(7-16-18(8)3)9-4-10(13(14)15-2)6-11(5-9)17-19/h4-7,17,19H,1-3H3,(H2,14,15). The van der Waals surface area contributed by atoms with Crippen LogP contribution >= 0.6 is 0 Å².